The predicted octanol–water partition coefficient (Wildman–Crippen LogP) is 3.90. The maximum absolute atomic E-state index is 8.91. The highest BCUT2D eigenvalue weighted by Gasteiger charge is 2.29. The normalized spacial score (nSPS) is 20.6. The Morgan fingerprint density at radius 3 is 2.62 bits per heavy atom. The summed E-state index contributed by atoms with van der Waals surface area (Å²) < 4.78 is 0. The highest BCUT2D eigenvalue weighted by atomic mass is 14.9. The average Bonchev–Trinajstić information content (AvgIpc) is 2.47. The molecule has 1 saturated carbocycles. The number of nitriles is 1. The van der Waals surface area contributed by atoms with Crippen LogP contribution in [0.4, 0.5) is 0 Å². The first-order valence-electron chi connectivity index (χ1n) is 7.53. The van der Waals surface area contributed by atoms with E-state index < -0.39 is 0 Å². The lowest BCUT2D eigenvalue weighted by Crippen LogP contribution is -2.39. The van der Waals surface area contributed by atoms with Gasteiger partial charge in [0.15, 0.2) is 0 Å². The second-order valence-electron chi connectivity index (χ2n) is 5.97. The van der Waals surface area contributed by atoms with Crippen molar-refractivity contribution in [3.8, 4) is 6.07 Å². The second-order valence-corrected chi connectivity index (χ2v) is 5.97. The van der Waals surface area contributed by atoms with Gasteiger partial charge in [-0.05, 0) is 48.9 Å². The zero-order chi connectivity index (χ0) is 14.7. The van der Waals surface area contributed by atoms with Crippen LogP contribution in [0.5, 0.6) is 0 Å². The summed E-state index contributed by atoms with van der Waals surface area (Å²) in [5.41, 5.74) is 4.71. The van der Waals surface area contributed by atoms with Gasteiger partial charge in [-0.1, -0.05) is 42.0 Å². The van der Waals surface area contributed by atoms with E-state index in [1.165, 1.54) is 29.5 Å². The minimum atomic E-state index is 0.599. The molecule has 0 spiro atoms. The minimum Gasteiger partial charge on any atom is -0.310 e. The Bertz CT molecular complexity index is 646. The Hall–Kier alpha value is -2.11. The van der Waals surface area contributed by atoms with Crippen molar-refractivity contribution < 1.29 is 0 Å². The first-order valence-corrected chi connectivity index (χ1v) is 7.53. The third-order valence-electron chi connectivity index (χ3n) is 4.34. The molecule has 0 heterocycles. The number of hydrogen-bond acceptors (Lipinski definition) is 2. The Morgan fingerprint density at radius 1 is 1.14 bits per heavy atom. The van der Waals surface area contributed by atoms with E-state index in [0.29, 0.717) is 12.0 Å². The molecule has 0 amide bonds. The molecule has 0 aromatic heterocycles. The smallest absolute Gasteiger partial charge is 0.0991 e. The molecule has 3 rings (SSSR count). The number of aryl methyl sites for hydroxylation is 1. The van der Waals surface area contributed by atoms with Crippen molar-refractivity contribution in [3.05, 3.63) is 70.8 Å². The fourth-order valence-electron chi connectivity index (χ4n) is 2.91. The second kappa shape index (κ2) is 6.11. The van der Waals surface area contributed by atoms with E-state index in [2.05, 4.69) is 48.6 Å². The quantitative estimate of drug-likeness (QED) is 0.919. The number of rotatable bonds is 4. The van der Waals surface area contributed by atoms with Gasteiger partial charge in [-0.3, -0.25) is 0 Å². The molecule has 2 aromatic carbocycles. The third-order valence-corrected chi connectivity index (χ3v) is 4.34. The number of nitrogens with zero attached hydrogens (tertiary/aromatic N) is 1. The molecule has 21 heavy (non-hydrogen) atoms. The van der Waals surface area contributed by atoms with Crippen LogP contribution in [0.3, 0.4) is 0 Å². The van der Waals surface area contributed by atoms with Crippen LogP contribution in [-0.2, 0) is 6.54 Å². The molecule has 0 bridgehead atoms. The van der Waals surface area contributed by atoms with Gasteiger partial charge in [0, 0.05) is 12.6 Å². The van der Waals surface area contributed by atoms with Crippen molar-refractivity contribution in [1.29, 1.82) is 5.26 Å². The Morgan fingerprint density at radius 2 is 1.90 bits per heavy atom. The zero-order valence-electron chi connectivity index (χ0n) is 12.3. The van der Waals surface area contributed by atoms with Crippen LogP contribution in [0.2, 0.25) is 0 Å². The van der Waals surface area contributed by atoms with Gasteiger partial charge < -0.3 is 5.32 Å². The van der Waals surface area contributed by atoms with Crippen molar-refractivity contribution in [3.63, 3.8) is 0 Å². The van der Waals surface area contributed by atoms with Crippen LogP contribution < -0.4 is 5.32 Å². The van der Waals surface area contributed by atoms with Gasteiger partial charge in [0.05, 0.1) is 11.6 Å². The summed E-state index contributed by atoms with van der Waals surface area (Å²) in [5.74, 6) is 0.702. The van der Waals surface area contributed by atoms with Crippen LogP contribution in [0.25, 0.3) is 0 Å². The van der Waals surface area contributed by atoms with E-state index in [4.69, 9.17) is 5.26 Å². The van der Waals surface area contributed by atoms with Crippen LogP contribution in [-0.4, -0.2) is 6.04 Å². The van der Waals surface area contributed by atoms with E-state index >= 15 is 0 Å². The maximum Gasteiger partial charge on any atom is 0.0991 e. The van der Waals surface area contributed by atoms with Gasteiger partial charge in [-0.2, -0.15) is 5.26 Å². The Labute approximate surface area is 126 Å². The average molecular weight is 276 g/mol. The first kappa shape index (κ1) is 13.9. The molecular formula is C19H20N2. The van der Waals surface area contributed by atoms with Gasteiger partial charge in [0.1, 0.15) is 0 Å². The van der Waals surface area contributed by atoms with E-state index in [1.54, 1.807) is 0 Å². The predicted molar refractivity (Wildman–Crippen MR) is 84.9 cm³/mol. The summed E-state index contributed by atoms with van der Waals surface area (Å²) in [7, 11) is 0. The lowest BCUT2D eigenvalue weighted by molar-refractivity contribution is 0.289. The van der Waals surface area contributed by atoms with E-state index in [9.17, 15) is 0 Å². The SMILES string of the molecule is Cc1ccc(C2CC(NCc3cccc(C#N)c3)C2)cc1. The molecule has 0 radical (unpaired) electrons. The minimum absolute atomic E-state index is 0.599. The van der Waals surface area contributed by atoms with Crippen molar-refractivity contribution in [2.24, 2.45) is 0 Å². The largest absolute Gasteiger partial charge is 0.310 e. The van der Waals surface area contributed by atoms with Crippen molar-refractivity contribution in [2.45, 2.75) is 38.3 Å². The number of nitrogens with one attached hydrogen (secondary N) is 1. The van der Waals surface area contributed by atoms with E-state index in [-0.39, 0.29) is 0 Å². The van der Waals surface area contributed by atoms with Crippen LogP contribution in [0.1, 0.15) is 41.0 Å². The summed E-state index contributed by atoms with van der Waals surface area (Å²) in [6, 6.07) is 19.5. The molecule has 0 aliphatic heterocycles. The van der Waals surface area contributed by atoms with Gasteiger partial charge in [-0.15, -0.1) is 0 Å². The fraction of sp³-hybridized carbons (Fsp3) is 0.316. The van der Waals surface area contributed by atoms with Gasteiger partial charge in [-0.25, -0.2) is 0 Å². The standard InChI is InChI=1S/C19H20N2/c1-14-5-7-17(8-6-14)18-10-19(11-18)21-13-16-4-2-3-15(9-16)12-20/h2-9,18-19,21H,10-11,13H2,1H3. The van der Waals surface area contributed by atoms with Gasteiger partial charge >= 0.3 is 0 Å². The topological polar surface area (TPSA) is 35.8 Å². The zero-order valence-corrected chi connectivity index (χ0v) is 12.3. The molecule has 1 fully saturated rings. The molecule has 2 aromatic rings. The lowest BCUT2D eigenvalue weighted by Gasteiger charge is -2.36. The highest BCUT2D eigenvalue weighted by molar-refractivity contribution is 5.33. The summed E-state index contributed by atoms with van der Waals surface area (Å²) in [6.07, 6.45) is 2.42. The molecule has 2 heteroatoms. The third kappa shape index (κ3) is 3.32. The Kier molecular flexibility index (Phi) is 4.03. The molecule has 106 valence electrons. The molecule has 1 aliphatic rings. The molecule has 2 nitrogen and oxygen atoms in total. The van der Waals surface area contributed by atoms with Crippen molar-refractivity contribution >= 4 is 0 Å². The van der Waals surface area contributed by atoms with Crippen molar-refractivity contribution in [1.82, 2.24) is 5.32 Å². The van der Waals surface area contributed by atoms with Crippen LogP contribution in [0.15, 0.2) is 48.5 Å². The number of benzene rings is 2. The van der Waals surface area contributed by atoms with Crippen LogP contribution in [0, 0.1) is 18.3 Å². The molecule has 0 saturated heterocycles. The summed E-state index contributed by atoms with van der Waals surface area (Å²) in [5, 5.41) is 12.5. The van der Waals surface area contributed by atoms with Crippen molar-refractivity contribution in [2.75, 3.05) is 0 Å². The maximum atomic E-state index is 8.91. The van der Waals surface area contributed by atoms with E-state index in [0.717, 1.165) is 12.1 Å². The van der Waals surface area contributed by atoms with Gasteiger partial charge in [0.25, 0.3) is 0 Å². The Balaban J connectivity index is 1.49. The van der Waals surface area contributed by atoms with E-state index in [1.807, 2.05) is 18.2 Å². The summed E-state index contributed by atoms with van der Waals surface area (Å²) >= 11 is 0. The molecule has 1 aliphatic carbocycles. The van der Waals surface area contributed by atoms with Crippen LogP contribution >= 0.6 is 0 Å². The molecule has 0 atom stereocenters. The molecule has 0 unspecified atom stereocenters. The molecule has 1 N–H and O–H groups in total. The summed E-state index contributed by atoms with van der Waals surface area (Å²) in [6.45, 7) is 2.98. The number of hydrogen-bond donors (Lipinski definition) is 1. The van der Waals surface area contributed by atoms with Gasteiger partial charge in [0.2, 0.25) is 0 Å². The highest BCUT2D eigenvalue weighted by Crippen LogP contribution is 2.36. The monoisotopic (exact) mass is 276 g/mol. The first-order chi connectivity index (χ1) is 10.2. The lowest BCUT2D eigenvalue weighted by atomic mass is 9.75. The summed E-state index contributed by atoms with van der Waals surface area (Å²) in [4.78, 5) is 0. The molecular weight excluding hydrogens is 256 g/mol. The fourth-order valence-corrected chi connectivity index (χ4v) is 2.91.